The van der Waals surface area contributed by atoms with Crippen LogP contribution in [0.5, 0.6) is 5.75 Å². The minimum atomic E-state index is -0.00301. The van der Waals surface area contributed by atoms with E-state index in [1.165, 1.54) is 12.0 Å². The van der Waals surface area contributed by atoms with Gasteiger partial charge in [0.05, 0.1) is 13.2 Å². The number of hydrogen-bond acceptors (Lipinski definition) is 3. The maximum atomic E-state index is 5.80. The summed E-state index contributed by atoms with van der Waals surface area (Å²) >= 11 is 0. The Balaban J connectivity index is 0.00000420. The van der Waals surface area contributed by atoms with Gasteiger partial charge < -0.3 is 19.7 Å². The fourth-order valence-electron chi connectivity index (χ4n) is 3.45. The van der Waals surface area contributed by atoms with Gasteiger partial charge in [0.2, 0.25) is 0 Å². The van der Waals surface area contributed by atoms with Crippen LogP contribution < -0.4 is 10.1 Å². The summed E-state index contributed by atoms with van der Waals surface area (Å²) in [4.78, 5) is 6.86. The molecule has 166 valence electrons. The fraction of sp³-hybridized carbons (Fsp3) is 0.696. The van der Waals surface area contributed by atoms with Gasteiger partial charge in [0, 0.05) is 44.6 Å². The molecule has 1 aromatic rings. The number of hydrogen-bond donors (Lipinski definition) is 1. The molecule has 0 bridgehead atoms. The number of halogens is 1. The number of nitrogens with zero attached hydrogens (tertiary/aromatic N) is 2. The van der Waals surface area contributed by atoms with Crippen molar-refractivity contribution in [2.75, 3.05) is 46.5 Å². The van der Waals surface area contributed by atoms with Crippen molar-refractivity contribution in [2.45, 2.75) is 46.5 Å². The van der Waals surface area contributed by atoms with Gasteiger partial charge in [-0.25, -0.2) is 0 Å². The highest BCUT2D eigenvalue weighted by Crippen LogP contribution is 2.25. The van der Waals surface area contributed by atoms with E-state index < -0.39 is 0 Å². The first-order chi connectivity index (χ1) is 13.4. The fourth-order valence-corrected chi connectivity index (χ4v) is 3.45. The molecule has 6 heteroatoms. The molecule has 0 aliphatic carbocycles. The third-order valence-corrected chi connectivity index (χ3v) is 5.26. The normalized spacial score (nSPS) is 17.4. The van der Waals surface area contributed by atoms with Crippen molar-refractivity contribution in [1.82, 2.24) is 10.2 Å². The summed E-state index contributed by atoms with van der Waals surface area (Å²) in [5.41, 5.74) is 1.29. The summed E-state index contributed by atoms with van der Waals surface area (Å²) in [6.45, 7) is 16.2. The lowest BCUT2D eigenvalue weighted by Gasteiger charge is -2.29. The Bertz CT molecular complexity index is 617. The smallest absolute Gasteiger partial charge is 0.193 e. The number of likely N-dealkylation sites (tertiary alicyclic amines) is 1. The third kappa shape index (κ3) is 8.32. The molecular formula is C23H40IN3O2. The molecule has 0 saturated carbocycles. The average molecular weight is 517 g/mol. The largest absolute Gasteiger partial charge is 0.493 e. The molecule has 0 amide bonds. The molecule has 1 atom stereocenters. The summed E-state index contributed by atoms with van der Waals surface area (Å²) < 4.78 is 11.4. The lowest BCUT2D eigenvalue weighted by molar-refractivity contribution is 0.114. The highest BCUT2D eigenvalue weighted by atomic mass is 127. The van der Waals surface area contributed by atoms with E-state index in [1.54, 1.807) is 0 Å². The van der Waals surface area contributed by atoms with E-state index in [4.69, 9.17) is 9.47 Å². The van der Waals surface area contributed by atoms with Crippen molar-refractivity contribution in [3.05, 3.63) is 29.8 Å². The highest BCUT2D eigenvalue weighted by molar-refractivity contribution is 14.0. The minimum Gasteiger partial charge on any atom is -0.493 e. The maximum Gasteiger partial charge on any atom is 0.193 e. The van der Waals surface area contributed by atoms with E-state index >= 15 is 0 Å². The van der Waals surface area contributed by atoms with E-state index in [0.29, 0.717) is 11.8 Å². The Labute approximate surface area is 194 Å². The molecule has 0 aromatic heterocycles. The molecule has 1 unspecified atom stereocenters. The van der Waals surface area contributed by atoms with Crippen molar-refractivity contribution in [3.8, 4) is 5.75 Å². The highest BCUT2D eigenvalue weighted by Gasteiger charge is 2.27. The van der Waals surface area contributed by atoms with Gasteiger partial charge in [-0.2, -0.15) is 0 Å². The van der Waals surface area contributed by atoms with Gasteiger partial charge in [-0.05, 0) is 37.0 Å². The van der Waals surface area contributed by atoms with Crippen molar-refractivity contribution in [1.29, 1.82) is 0 Å². The number of aliphatic imine (C=N–C) groups is 1. The zero-order chi connectivity index (χ0) is 20.6. The van der Waals surface area contributed by atoms with Crippen LogP contribution in [0.15, 0.2) is 29.3 Å². The second-order valence-corrected chi connectivity index (χ2v) is 8.77. The summed E-state index contributed by atoms with van der Waals surface area (Å²) in [5, 5.41) is 3.59. The average Bonchev–Trinajstić information content (AvgIpc) is 3.14. The van der Waals surface area contributed by atoms with Crippen molar-refractivity contribution >= 4 is 29.9 Å². The van der Waals surface area contributed by atoms with E-state index in [0.717, 1.165) is 51.2 Å². The van der Waals surface area contributed by atoms with Gasteiger partial charge in [0.15, 0.2) is 5.96 Å². The van der Waals surface area contributed by atoms with Gasteiger partial charge in [0.1, 0.15) is 5.75 Å². The number of guanidine groups is 1. The lowest BCUT2D eigenvalue weighted by atomic mass is 9.84. The lowest BCUT2D eigenvalue weighted by Crippen LogP contribution is -2.45. The maximum absolute atomic E-state index is 5.80. The second-order valence-electron chi connectivity index (χ2n) is 8.77. The van der Waals surface area contributed by atoms with Crippen LogP contribution in [0.25, 0.3) is 0 Å². The Kier molecular flexibility index (Phi) is 11.3. The summed E-state index contributed by atoms with van der Waals surface area (Å²) in [6.07, 6.45) is 1.17. The van der Waals surface area contributed by atoms with E-state index in [2.05, 4.69) is 74.1 Å². The Morgan fingerprint density at radius 1 is 1.28 bits per heavy atom. The zero-order valence-electron chi connectivity index (χ0n) is 19.0. The van der Waals surface area contributed by atoms with Gasteiger partial charge in [-0.15, -0.1) is 24.0 Å². The summed E-state index contributed by atoms with van der Waals surface area (Å²) in [6, 6.07) is 8.50. The number of benzene rings is 1. The van der Waals surface area contributed by atoms with Gasteiger partial charge in [-0.1, -0.05) is 39.8 Å². The topological polar surface area (TPSA) is 46.1 Å². The molecule has 1 heterocycles. The summed E-state index contributed by atoms with van der Waals surface area (Å²) in [5.74, 6) is 3.06. The van der Waals surface area contributed by atoms with Crippen LogP contribution in [0.1, 0.15) is 46.6 Å². The standard InChI is InChI=1S/C23H39N3O2.HI/c1-7-27-16-19-12-13-26(14-19)22(24-6)25-17-23(4,5)20-8-10-21(11-9-20)28-15-18(2)3;/h8-11,18-19H,7,12-17H2,1-6H3,(H,24,25);1H. The molecule has 1 N–H and O–H groups in total. The molecule has 1 saturated heterocycles. The van der Waals surface area contributed by atoms with E-state index in [-0.39, 0.29) is 29.4 Å². The first-order valence-corrected chi connectivity index (χ1v) is 10.6. The molecule has 1 fully saturated rings. The van der Waals surface area contributed by atoms with E-state index in [1.807, 2.05) is 7.05 Å². The summed E-state index contributed by atoms with van der Waals surface area (Å²) in [7, 11) is 1.87. The van der Waals surface area contributed by atoms with Gasteiger partial charge in [0.25, 0.3) is 0 Å². The molecule has 0 radical (unpaired) electrons. The Morgan fingerprint density at radius 3 is 2.55 bits per heavy atom. The third-order valence-electron chi connectivity index (χ3n) is 5.26. The van der Waals surface area contributed by atoms with Crippen LogP contribution >= 0.6 is 24.0 Å². The second kappa shape index (κ2) is 12.6. The van der Waals surface area contributed by atoms with Crippen LogP contribution in [0, 0.1) is 11.8 Å². The van der Waals surface area contributed by atoms with Gasteiger partial charge in [-0.3, -0.25) is 4.99 Å². The van der Waals surface area contributed by atoms with E-state index in [9.17, 15) is 0 Å². The SMILES string of the molecule is CCOCC1CCN(C(=NC)NCC(C)(C)c2ccc(OCC(C)C)cc2)C1.I. The predicted octanol–water partition coefficient (Wildman–Crippen LogP) is 4.55. The first-order valence-electron chi connectivity index (χ1n) is 10.6. The monoisotopic (exact) mass is 517 g/mol. The molecule has 29 heavy (non-hydrogen) atoms. The first kappa shape index (κ1) is 26.0. The Hall–Kier alpha value is -1.02. The molecule has 2 rings (SSSR count). The molecule has 1 aromatic carbocycles. The number of rotatable bonds is 9. The molecule has 5 nitrogen and oxygen atoms in total. The van der Waals surface area contributed by atoms with Crippen LogP contribution in [0.4, 0.5) is 0 Å². The van der Waals surface area contributed by atoms with Crippen LogP contribution in [-0.4, -0.2) is 57.4 Å². The minimum absolute atomic E-state index is 0. The zero-order valence-corrected chi connectivity index (χ0v) is 21.4. The van der Waals surface area contributed by atoms with Crippen molar-refractivity contribution in [2.24, 2.45) is 16.8 Å². The van der Waals surface area contributed by atoms with Crippen LogP contribution in [0.3, 0.4) is 0 Å². The number of ether oxygens (including phenoxy) is 2. The van der Waals surface area contributed by atoms with Crippen LogP contribution in [-0.2, 0) is 10.2 Å². The van der Waals surface area contributed by atoms with Crippen molar-refractivity contribution < 1.29 is 9.47 Å². The van der Waals surface area contributed by atoms with Crippen molar-refractivity contribution in [3.63, 3.8) is 0 Å². The van der Waals surface area contributed by atoms with Gasteiger partial charge >= 0.3 is 0 Å². The molecule has 1 aliphatic rings. The number of nitrogens with one attached hydrogen (secondary N) is 1. The molecule has 1 aliphatic heterocycles. The molecular weight excluding hydrogens is 477 g/mol. The van der Waals surface area contributed by atoms with Crippen LogP contribution in [0.2, 0.25) is 0 Å². The predicted molar refractivity (Wildman–Crippen MR) is 133 cm³/mol. The Morgan fingerprint density at radius 2 is 1.97 bits per heavy atom. The quantitative estimate of drug-likeness (QED) is 0.297. The molecule has 0 spiro atoms.